The number of thioether (sulfide) groups is 1. The molecule has 2 heterocycles. The van der Waals surface area contributed by atoms with Gasteiger partial charge in [-0.25, -0.2) is 9.97 Å². The topological polar surface area (TPSA) is 71.3 Å². The van der Waals surface area contributed by atoms with Gasteiger partial charge in [0.1, 0.15) is 5.76 Å². The molecule has 0 aliphatic rings. The first kappa shape index (κ1) is 18.5. The molecule has 0 radical (unpaired) electrons. The SMILES string of the molecule is CCN(CC)[C@@H](CNC(=O)[C@H](C)Sc1ncccn1)c1ccco1. The maximum absolute atomic E-state index is 12.4. The van der Waals surface area contributed by atoms with Gasteiger partial charge < -0.3 is 9.73 Å². The predicted octanol–water partition coefficient (Wildman–Crippen LogP) is 2.75. The Morgan fingerprint density at radius 1 is 1.29 bits per heavy atom. The van der Waals surface area contributed by atoms with E-state index in [0.717, 1.165) is 18.8 Å². The Kier molecular flexibility index (Phi) is 7.27. The van der Waals surface area contributed by atoms with Gasteiger partial charge in [0, 0.05) is 18.9 Å². The molecule has 0 saturated carbocycles. The van der Waals surface area contributed by atoms with E-state index in [2.05, 4.69) is 34.0 Å². The highest BCUT2D eigenvalue weighted by atomic mass is 32.2. The number of nitrogens with zero attached hydrogens (tertiary/aromatic N) is 3. The molecule has 0 aromatic carbocycles. The molecule has 1 N–H and O–H groups in total. The molecular weight excluding hydrogens is 324 g/mol. The Bertz CT molecular complexity index is 602. The monoisotopic (exact) mass is 348 g/mol. The number of carbonyl (C=O) groups is 1. The van der Waals surface area contributed by atoms with Crippen LogP contribution in [0.25, 0.3) is 0 Å². The lowest BCUT2D eigenvalue weighted by molar-refractivity contribution is -0.120. The van der Waals surface area contributed by atoms with E-state index in [1.165, 1.54) is 11.8 Å². The minimum Gasteiger partial charge on any atom is -0.468 e. The van der Waals surface area contributed by atoms with Gasteiger partial charge in [-0.05, 0) is 38.2 Å². The fourth-order valence-corrected chi connectivity index (χ4v) is 3.20. The highest BCUT2D eigenvalue weighted by Crippen LogP contribution is 2.21. The van der Waals surface area contributed by atoms with Crippen LogP contribution in [0.3, 0.4) is 0 Å². The van der Waals surface area contributed by atoms with Gasteiger partial charge in [-0.3, -0.25) is 9.69 Å². The molecule has 1 amide bonds. The maximum Gasteiger partial charge on any atom is 0.233 e. The molecule has 0 unspecified atom stereocenters. The molecule has 0 bridgehead atoms. The molecule has 0 spiro atoms. The molecule has 2 aromatic rings. The van der Waals surface area contributed by atoms with Crippen LogP contribution in [-0.4, -0.2) is 45.7 Å². The third-order valence-electron chi connectivity index (χ3n) is 3.79. The van der Waals surface area contributed by atoms with Gasteiger partial charge in [-0.2, -0.15) is 0 Å². The minimum atomic E-state index is -0.263. The molecule has 2 atom stereocenters. The van der Waals surface area contributed by atoms with Crippen molar-refractivity contribution in [2.24, 2.45) is 0 Å². The molecule has 0 saturated heterocycles. The molecule has 0 aliphatic carbocycles. The van der Waals surface area contributed by atoms with Crippen LogP contribution in [0.1, 0.15) is 32.6 Å². The van der Waals surface area contributed by atoms with Crippen LogP contribution < -0.4 is 5.32 Å². The Morgan fingerprint density at radius 2 is 2.00 bits per heavy atom. The minimum absolute atomic E-state index is 0.0313. The average molecular weight is 348 g/mol. The molecule has 2 aromatic heterocycles. The van der Waals surface area contributed by atoms with E-state index in [1.54, 1.807) is 24.7 Å². The summed E-state index contributed by atoms with van der Waals surface area (Å²) in [7, 11) is 0. The zero-order valence-corrected chi connectivity index (χ0v) is 15.1. The summed E-state index contributed by atoms with van der Waals surface area (Å²) in [6.45, 7) is 8.35. The van der Waals surface area contributed by atoms with Crippen molar-refractivity contribution in [3.05, 3.63) is 42.6 Å². The molecule has 2 rings (SSSR count). The van der Waals surface area contributed by atoms with Crippen molar-refractivity contribution in [2.75, 3.05) is 19.6 Å². The summed E-state index contributed by atoms with van der Waals surface area (Å²) in [5.74, 6) is 0.835. The first-order chi connectivity index (χ1) is 11.7. The van der Waals surface area contributed by atoms with Gasteiger partial charge in [-0.1, -0.05) is 25.6 Å². The van der Waals surface area contributed by atoms with Crippen molar-refractivity contribution in [1.82, 2.24) is 20.2 Å². The van der Waals surface area contributed by atoms with Crippen molar-refractivity contribution in [2.45, 2.75) is 37.2 Å². The zero-order chi connectivity index (χ0) is 17.4. The standard InChI is InChI=1S/C17H24N4O2S/c1-4-21(5-2)14(15-8-6-11-23-15)12-20-16(22)13(3)24-17-18-9-7-10-19-17/h6-11,13-14H,4-5,12H2,1-3H3,(H,20,22)/t13-,14-/m0/s1. The number of furan rings is 1. The lowest BCUT2D eigenvalue weighted by atomic mass is 10.2. The summed E-state index contributed by atoms with van der Waals surface area (Å²) in [5, 5.41) is 3.36. The number of aromatic nitrogens is 2. The van der Waals surface area contributed by atoms with Crippen LogP contribution in [0.5, 0.6) is 0 Å². The van der Waals surface area contributed by atoms with Crippen LogP contribution in [-0.2, 0) is 4.79 Å². The van der Waals surface area contributed by atoms with Crippen LogP contribution in [0.15, 0.2) is 46.4 Å². The highest BCUT2D eigenvalue weighted by molar-refractivity contribution is 8.00. The highest BCUT2D eigenvalue weighted by Gasteiger charge is 2.23. The van der Waals surface area contributed by atoms with E-state index in [1.807, 2.05) is 19.1 Å². The van der Waals surface area contributed by atoms with Crippen LogP contribution in [0, 0.1) is 0 Å². The lowest BCUT2D eigenvalue weighted by Crippen LogP contribution is -2.40. The van der Waals surface area contributed by atoms with Gasteiger partial charge in [0.15, 0.2) is 5.16 Å². The van der Waals surface area contributed by atoms with Crippen molar-refractivity contribution >= 4 is 17.7 Å². The maximum atomic E-state index is 12.4. The van der Waals surface area contributed by atoms with Crippen LogP contribution in [0.4, 0.5) is 0 Å². The molecule has 0 fully saturated rings. The summed E-state index contributed by atoms with van der Waals surface area (Å²) >= 11 is 1.35. The number of nitrogens with one attached hydrogen (secondary N) is 1. The van der Waals surface area contributed by atoms with Crippen molar-refractivity contribution < 1.29 is 9.21 Å². The van der Waals surface area contributed by atoms with Gasteiger partial charge in [0.05, 0.1) is 17.6 Å². The quantitative estimate of drug-likeness (QED) is 0.555. The molecule has 0 aliphatic heterocycles. The van der Waals surface area contributed by atoms with E-state index < -0.39 is 0 Å². The Hall–Kier alpha value is -1.86. The summed E-state index contributed by atoms with van der Waals surface area (Å²) in [5.41, 5.74) is 0. The number of likely N-dealkylation sites (N-methyl/N-ethyl adjacent to an activating group) is 1. The summed E-state index contributed by atoms with van der Waals surface area (Å²) in [4.78, 5) is 22.9. The fraction of sp³-hybridized carbons (Fsp3) is 0.471. The van der Waals surface area contributed by atoms with Gasteiger partial charge in [0.2, 0.25) is 5.91 Å². The van der Waals surface area contributed by atoms with E-state index in [9.17, 15) is 4.79 Å². The first-order valence-electron chi connectivity index (χ1n) is 8.14. The fourth-order valence-electron chi connectivity index (χ4n) is 2.45. The third kappa shape index (κ3) is 5.07. The van der Waals surface area contributed by atoms with Crippen LogP contribution >= 0.6 is 11.8 Å². The average Bonchev–Trinajstić information content (AvgIpc) is 3.13. The van der Waals surface area contributed by atoms with Crippen LogP contribution in [0.2, 0.25) is 0 Å². The zero-order valence-electron chi connectivity index (χ0n) is 14.3. The number of hydrogen-bond acceptors (Lipinski definition) is 6. The van der Waals surface area contributed by atoms with Crippen molar-refractivity contribution in [1.29, 1.82) is 0 Å². The summed E-state index contributed by atoms with van der Waals surface area (Å²) < 4.78 is 5.55. The summed E-state index contributed by atoms with van der Waals surface area (Å²) in [6.07, 6.45) is 5.01. The molecule has 24 heavy (non-hydrogen) atoms. The Morgan fingerprint density at radius 3 is 2.58 bits per heavy atom. The number of hydrogen-bond donors (Lipinski definition) is 1. The van der Waals surface area contributed by atoms with Gasteiger partial charge >= 0.3 is 0 Å². The van der Waals surface area contributed by atoms with E-state index >= 15 is 0 Å². The molecular formula is C17H24N4O2S. The molecule has 130 valence electrons. The van der Waals surface area contributed by atoms with Gasteiger partial charge in [-0.15, -0.1) is 0 Å². The number of rotatable bonds is 9. The predicted molar refractivity (Wildman–Crippen MR) is 94.7 cm³/mol. The van der Waals surface area contributed by atoms with E-state index in [-0.39, 0.29) is 17.2 Å². The number of carbonyl (C=O) groups excluding carboxylic acids is 1. The third-order valence-corrected chi connectivity index (χ3v) is 4.78. The molecule has 7 heteroatoms. The second-order valence-corrected chi connectivity index (χ2v) is 6.60. The smallest absolute Gasteiger partial charge is 0.233 e. The second-order valence-electron chi connectivity index (χ2n) is 5.29. The second kappa shape index (κ2) is 9.44. The normalized spacial score (nSPS) is 13.7. The summed E-state index contributed by atoms with van der Waals surface area (Å²) in [6, 6.07) is 5.61. The van der Waals surface area contributed by atoms with Gasteiger partial charge in [0.25, 0.3) is 0 Å². The number of amides is 1. The Labute approximate surface area is 147 Å². The molecule has 6 nitrogen and oxygen atoms in total. The van der Waals surface area contributed by atoms with Crippen molar-refractivity contribution in [3.8, 4) is 0 Å². The van der Waals surface area contributed by atoms with E-state index in [0.29, 0.717) is 11.7 Å². The first-order valence-corrected chi connectivity index (χ1v) is 9.02. The lowest BCUT2D eigenvalue weighted by Gasteiger charge is -2.28. The van der Waals surface area contributed by atoms with Crippen molar-refractivity contribution in [3.63, 3.8) is 0 Å². The largest absolute Gasteiger partial charge is 0.468 e. The van der Waals surface area contributed by atoms with E-state index in [4.69, 9.17) is 4.42 Å². The Balaban J connectivity index is 1.94.